The van der Waals surface area contributed by atoms with Crippen molar-refractivity contribution in [2.75, 3.05) is 0 Å². The molecule has 0 saturated carbocycles. The van der Waals surface area contributed by atoms with Gasteiger partial charge >= 0.3 is 10.2 Å². The molecule has 0 radical (unpaired) electrons. The minimum absolute atomic E-state index is 0.0273. The summed E-state index contributed by atoms with van der Waals surface area (Å²) in [6, 6.07) is 8.77. The van der Waals surface area contributed by atoms with Crippen LogP contribution in [0.5, 0.6) is 0 Å². The van der Waals surface area contributed by atoms with Crippen LogP contribution in [0.3, 0.4) is 0 Å². The van der Waals surface area contributed by atoms with Gasteiger partial charge in [0.25, 0.3) is 5.69 Å². The van der Waals surface area contributed by atoms with Gasteiger partial charge in [-0.15, -0.1) is 0 Å². The van der Waals surface area contributed by atoms with Crippen LogP contribution in [0.2, 0.25) is 0 Å². The standard InChI is InChI=1S/C14H10F5NO2S/c15-23(16,17,18,19)13-8-9-14(20(21)22)12(10-13)7-6-11-4-2-1-3-5-11/h1-10H/b7-6+. The molecule has 0 N–H and O–H groups in total. The summed E-state index contributed by atoms with van der Waals surface area (Å²) < 4.78 is 64.1. The molecule has 0 aliphatic rings. The van der Waals surface area contributed by atoms with Crippen LogP contribution in [-0.4, -0.2) is 4.92 Å². The lowest BCUT2D eigenvalue weighted by molar-refractivity contribution is -0.385. The Kier molecular flexibility index (Phi) is 3.53. The molecule has 0 aliphatic carbocycles. The van der Waals surface area contributed by atoms with E-state index in [4.69, 9.17) is 0 Å². The fourth-order valence-electron chi connectivity index (χ4n) is 1.82. The lowest BCUT2D eigenvalue weighted by Gasteiger charge is -2.40. The molecule has 0 saturated heterocycles. The van der Waals surface area contributed by atoms with Crippen molar-refractivity contribution in [3.8, 4) is 0 Å². The molecule has 23 heavy (non-hydrogen) atoms. The van der Waals surface area contributed by atoms with E-state index < -0.39 is 31.3 Å². The summed E-state index contributed by atoms with van der Waals surface area (Å²) in [7, 11) is -9.90. The van der Waals surface area contributed by atoms with Crippen molar-refractivity contribution in [1.29, 1.82) is 0 Å². The molecular weight excluding hydrogens is 341 g/mol. The van der Waals surface area contributed by atoms with Crippen LogP contribution in [0, 0.1) is 10.1 Å². The molecule has 0 amide bonds. The van der Waals surface area contributed by atoms with Gasteiger partial charge in [-0.25, -0.2) is 0 Å². The number of hydrogen-bond acceptors (Lipinski definition) is 2. The largest absolute Gasteiger partial charge is 0.310 e. The molecule has 0 aliphatic heterocycles. The van der Waals surface area contributed by atoms with Crippen molar-refractivity contribution < 1.29 is 24.4 Å². The third-order valence-electron chi connectivity index (χ3n) is 2.90. The van der Waals surface area contributed by atoms with Gasteiger partial charge in [0.15, 0.2) is 0 Å². The average Bonchev–Trinajstić information content (AvgIpc) is 2.43. The smallest absolute Gasteiger partial charge is 0.258 e. The summed E-state index contributed by atoms with van der Waals surface area (Å²) in [6.45, 7) is 0. The summed E-state index contributed by atoms with van der Waals surface area (Å²) in [5.74, 6) is 0. The molecule has 0 bridgehead atoms. The third-order valence-corrected chi connectivity index (χ3v) is 4.04. The number of nitro groups is 1. The minimum atomic E-state index is -9.90. The van der Waals surface area contributed by atoms with Crippen molar-refractivity contribution in [2.45, 2.75) is 4.90 Å². The van der Waals surface area contributed by atoms with Gasteiger partial charge in [-0.3, -0.25) is 10.1 Å². The van der Waals surface area contributed by atoms with Crippen molar-refractivity contribution >= 4 is 28.1 Å². The Bertz CT molecular complexity index is 788. The lowest BCUT2D eigenvalue weighted by Crippen LogP contribution is -2.06. The van der Waals surface area contributed by atoms with E-state index in [2.05, 4.69) is 0 Å². The van der Waals surface area contributed by atoms with Crippen LogP contribution in [0.1, 0.15) is 11.1 Å². The zero-order chi connectivity index (χ0) is 17.4. The van der Waals surface area contributed by atoms with E-state index >= 15 is 0 Å². The summed E-state index contributed by atoms with van der Waals surface area (Å²) in [5.41, 5.74) is -0.688. The predicted octanol–water partition coefficient (Wildman–Crippen LogP) is 6.42. The molecule has 0 aromatic heterocycles. The van der Waals surface area contributed by atoms with Crippen molar-refractivity contribution in [3.05, 3.63) is 69.8 Å². The molecule has 0 spiro atoms. The molecule has 0 heterocycles. The highest BCUT2D eigenvalue weighted by molar-refractivity contribution is 8.45. The van der Waals surface area contributed by atoms with Crippen molar-refractivity contribution in [3.63, 3.8) is 0 Å². The second kappa shape index (κ2) is 4.79. The van der Waals surface area contributed by atoms with Crippen LogP contribution >= 0.6 is 10.2 Å². The maximum atomic E-state index is 12.8. The Hall–Kier alpha value is -2.42. The fourth-order valence-corrected chi connectivity index (χ4v) is 2.50. The predicted molar refractivity (Wildman–Crippen MR) is 79.9 cm³/mol. The summed E-state index contributed by atoms with van der Waals surface area (Å²) >= 11 is 0. The molecule has 2 rings (SSSR count). The summed E-state index contributed by atoms with van der Waals surface area (Å²) in [4.78, 5) is 7.77. The first-order valence-corrected chi connectivity index (χ1v) is 8.08. The SMILES string of the molecule is O=[N+]([O-])c1ccc(S(F)(F)(F)(F)F)cc1/C=C/c1ccccc1. The van der Waals surface area contributed by atoms with Gasteiger partial charge in [-0.1, -0.05) is 55.8 Å². The van der Waals surface area contributed by atoms with E-state index in [0.717, 1.165) is 6.08 Å². The number of hydrogen-bond donors (Lipinski definition) is 0. The summed E-state index contributed by atoms with van der Waals surface area (Å²) in [6.07, 6.45) is 2.30. The first-order chi connectivity index (χ1) is 10.4. The zero-order valence-electron chi connectivity index (χ0n) is 11.3. The monoisotopic (exact) mass is 351 g/mol. The Morgan fingerprint density at radius 1 is 0.913 bits per heavy atom. The molecule has 0 unspecified atom stereocenters. The van der Waals surface area contributed by atoms with Crippen molar-refractivity contribution in [2.24, 2.45) is 0 Å². The van der Waals surface area contributed by atoms with E-state index in [1.54, 1.807) is 30.3 Å². The van der Waals surface area contributed by atoms with Gasteiger partial charge in [0.05, 0.1) is 10.5 Å². The Morgan fingerprint density at radius 3 is 2.04 bits per heavy atom. The Balaban J connectivity index is 2.57. The van der Waals surface area contributed by atoms with Gasteiger partial charge in [0.1, 0.15) is 4.90 Å². The quantitative estimate of drug-likeness (QED) is 0.276. The molecular formula is C14H10F5NO2S. The summed E-state index contributed by atoms with van der Waals surface area (Å²) in [5, 5.41) is 10.9. The van der Waals surface area contributed by atoms with E-state index in [1.807, 2.05) is 0 Å². The second-order valence-corrected chi connectivity index (χ2v) is 7.10. The van der Waals surface area contributed by atoms with Gasteiger partial charge < -0.3 is 0 Å². The first kappa shape index (κ1) is 16.9. The molecule has 0 atom stereocenters. The van der Waals surface area contributed by atoms with Crippen LogP contribution < -0.4 is 0 Å². The van der Waals surface area contributed by atoms with E-state index in [9.17, 15) is 29.5 Å². The number of halogens is 5. The first-order valence-electron chi connectivity index (χ1n) is 6.12. The van der Waals surface area contributed by atoms with Gasteiger partial charge in [-0.05, 0) is 23.8 Å². The molecule has 0 fully saturated rings. The van der Waals surface area contributed by atoms with Crippen LogP contribution in [0.15, 0.2) is 53.4 Å². The van der Waals surface area contributed by atoms with E-state index in [1.165, 1.54) is 6.08 Å². The third kappa shape index (κ3) is 4.28. The van der Waals surface area contributed by atoms with Crippen molar-refractivity contribution in [1.82, 2.24) is 0 Å². The molecule has 3 nitrogen and oxygen atoms in total. The van der Waals surface area contributed by atoms with E-state index in [-0.39, 0.29) is 12.1 Å². The molecule has 2 aromatic carbocycles. The van der Waals surface area contributed by atoms with Crippen LogP contribution in [0.25, 0.3) is 12.2 Å². The Labute approximate surface area is 127 Å². The van der Waals surface area contributed by atoms with Gasteiger partial charge in [-0.2, -0.15) is 0 Å². The number of nitrogens with zero attached hydrogens (tertiary/aromatic N) is 1. The number of nitro benzene ring substituents is 1. The lowest BCUT2D eigenvalue weighted by atomic mass is 10.1. The maximum absolute atomic E-state index is 12.8. The van der Waals surface area contributed by atoms with Crippen LogP contribution in [0.4, 0.5) is 25.1 Å². The molecule has 2 aromatic rings. The average molecular weight is 351 g/mol. The number of benzene rings is 2. The van der Waals surface area contributed by atoms with Crippen LogP contribution in [-0.2, 0) is 0 Å². The van der Waals surface area contributed by atoms with Gasteiger partial charge in [0, 0.05) is 6.07 Å². The highest BCUT2D eigenvalue weighted by atomic mass is 32.5. The molecule has 124 valence electrons. The highest BCUT2D eigenvalue weighted by Crippen LogP contribution is 3.02. The molecule has 9 heteroatoms. The van der Waals surface area contributed by atoms with E-state index in [0.29, 0.717) is 11.6 Å². The number of rotatable bonds is 4. The normalized spacial score (nSPS) is 15.2. The fraction of sp³-hybridized carbons (Fsp3) is 0. The van der Waals surface area contributed by atoms with Gasteiger partial charge in [0.2, 0.25) is 0 Å². The topological polar surface area (TPSA) is 43.1 Å². The second-order valence-electron chi connectivity index (χ2n) is 4.69. The highest BCUT2D eigenvalue weighted by Gasteiger charge is 2.65. The minimum Gasteiger partial charge on any atom is -0.258 e. The Morgan fingerprint density at radius 2 is 1.52 bits per heavy atom. The zero-order valence-corrected chi connectivity index (χ0v) is 12.2. The maximum Gasteiger partial charge on any atom is 0.310 e.